The fourth-order valence-corrected chi connectivity index (χ4v) is 2.04. The highest BCUT2D eigenvalue weighted by molar-refractivity contribution is 8.09. The van der Waals surface area contributed by atoms with Crippen LogP contribution in [0.3, 0.4) is 0 Å². The third-order valence-electron chi connectivity index (χ3n) is 1.45. The summed E-state index contributed by atoms with van der Waals surface area (Å²) in [5.41, 5.74) is 1.19. The van der Waals surface area contributed by atoms with Crippen molar-refractivity contribution < 1.29 is 5.11 Å². The second kappa shape index (κ2) is 5.51. The first-order valence-electron chi connectivity index (χ1n) is 3.80. The van der Waals surface area contributed by atoms with Gasteiger partial charge in [-0.1, -0.05) is 30.3 Å². The van der Waals surface area contributed by atoms with Crippen molar-refractivity contribution in [1.29, 1.82) is 0 Å². The maximum atomic E-state index is 8.61. The van der Waals surface area contributed by atoms with Crippen LogP contribution in [0.4, 0.5) is 0 Å². The number of rotatable bonds is 4. The zero-order valence-electron chi connectivity index (χ0n) is 6.68. The molecule has 0 heterocycles. The van der Waals surface area contributed by atoms with Crippen molar-refractivity contribution in [2.24, 2.45) is 0 Å². The summed E-state index contributed by atoms with van der Waals surface area (Å²) >= 11 is 6.05. The number of aliphatic hydroxyl groups is 1. The minimum atomic E-state index is 0.179. The van der Waals surface area contributed by atoms with Crippen LogP contribution >= 0.6 is 24.4 Å². The Balaban J connectivity index is 2.48. The number of thiol groups is 1. The van der Waals surface area contributed by atoms with E-state index >= 15 is 0 Å². The van der Waals surface area contributed by atoms with Crippen LogP contribution in [0.2, 0.25) is 0 Å². The van der Waals surface area contributed by atoms with Gasteiger partial charge in [0.1, 0.15) is 0 Å². The van der Waals surface area contributed by atoms with Gasteiger partial charge in [0.25, 0.3) is 0 Å². The average Bonchev–Trinajstić information content (AvgIpc) is 2.15. The maximum Gasteiger partial charge on any atom is 0.0722 e. The van der Waals surface area contributed by atoms with Gasteiger partial charge in [-0.05, 0) is 5.56 Å². The van der Waals surface area contributed by atoms with Crippen molar-refractivity contribution in [1.82, 2.24) is 0 Å². The van der Waals surface area contributed by atoms with Crippen LogP contribution in [-0.4, -0.2) is 17.5 Å². The van der Waals surface area contributed by atoms with E-state index in [2.05, 4.69) is 12.6 Å². The molecule has 0 aliphatic rings. The van der Waals surface area contributed by atoms with E-state index in [-0.39, 0.29) is 11.2 Å². The van der Waals surface area contributed by atoms with Gasteiger partial charge < -0.3 is 5.11 Å². The van der Waals surface area contributed by atoms with Gasteiger partial charge in [-0.3, -0.25) is 0 Å². The fraction of sp³-hybridized carbons (Fsp3) is 0.333. The van der Waals surface area contributed by atoms with Crippen LogP contribution in [0.5, 0.6) is 0 Å². The van der Waals surface area contributed by atoms with E-state index in [1.165, 1.54) is 5.56 Å². The summed E-state index contributed by atoms with van der Waals surface area (Å²) in [4.78, 5) is 0. The molecular weight excluding hydrogens is 188 g/mol. The van der Waals surface area contributed by atoms with Crippen LogP contribution < -0.4 is 0 Å². The molecule has 1 nitrogen and oxygen atoms in total. The Kier molecular flexibility index (Phi) is 4.58. The molecule has 1 rings (SSSR count). The number of hydrogen-bond donors (Lipinski definition) is 2. The normalized spacial score (nSPS) is 12.8. The molecule has 1 aromatic rings. The molecule has 3 heteroatoms. The van der Waals surface area contributed by atoms with Crippen LogP contribution in [0.25, 0.3) is 0 Å². The minimum absolute atomic E-state index is 0.179. The Bertz CT molecular complexity index is 213. The zero-order valence-corrected chi connectivity index (χ0v) is 8.39. The lowest BCUT2D eigenvalue weighted by atomic mass is 10.2. The summed E-state index contributed by atoms with van der Waals surface area (Å²) in [6.45, 7) is 0.217. The lowest BCUT2D eigenvalue weighted by molar-refractivity contribution is 0.322. The van der Waals surface area contributed by atoms with Gasteiger partial charge in [0.15, 0.2) is 0 Å². The second-order valence-corrected chi connectivity index (χ2v) is 4.44. The quantitative estimate of drug-likeness (QED) is 0.575. The molecule has 1 aromatic carbocycles. The summed E-state index contributed by atoms with van der Waals surface area (Å²) < 4.78 is 0.179. The largest absolute Gasteiger partial charge is 0.396 e. The van der Waals surface area contributed by atoms with Gasteiger partial charge in [-0.15, -0.1) is 11.8 Å². The van der Waals surface area contributed by atoms with E-state index in [0.717, 1.165) is 5.75 Å². The topological polar surface area (TPSA) is 20.2 Å². The highest BCUT2D eigenvalue weighted by atomic mass is 32.2. The summed E-state index contributed by atoms with van der Waals surface area (Å²) in [6, 6.07) is 10.1. The fourth-order valence-electron chi connectivity index (χ4n) is 0.878. The molecule has 1 unspecified atom stereocenters. The number of benzene rings is 1. The molecule has 0 aliphatic carbocycles. The van der Waals surface area contributed by atoms with E-state index in [0.29, 0.717) is 0 Å². The SMILES string of the molecule is OCCSC(S)c1ccccc1. The van der Waals surface area contributed by atoms with E-state index in [4.69, 9.17) is 5.11 Å². The Hall–Kier alpha value is -0.120. The zero-order chi connectivity index (χ0) is 8.81. The standard InChI is InChI=1S/C9H12OS2/c10-6-7-12-9(11)8-4-2-1-3-5-8/h1-5,9-11H,6-7H2. The van der Waals surface area contributed by atoms with Gasteiger partial charge in [0, 0.05) is 5.75 Å². The summed E-state index contributed by atoms with van der Waals surface area (Å²) in [7, 11) is 0. The van der Waals surface area contributed by atoms with E-state index < -0.39 is 0 Å². The van der Waals surface area contributed by atoms with Crippen molar-refractivity contribution in [3.8, 4) is 0 Å². The van der Waals surface area contributed by atoms with Crippen LogP contribution in [0.1, 0.15) is 10.1 Å². The summed E-state index contributed by atoms with van der Waals surface area (Å²) in [5.74, 6) is 0.739. The molecule has 12 heavy (non-hydrogen) atoms. The summed E-state index contributed by atoms with van der Waals surface area (Å²) in [5, 5.41) is 8.61. The molecule has 0 saturated carbocycles. The smallest absolute Gasteiger partial charge is 0.0722 e. The molecule has 0 amide bonds. The molecule has 66 valence electrons. The van der Waals surface area contributed by atoms with Gasteiger partial charge in [0.05, 0.1) is 11.2 Å². The number of hydrogen-bond acceptors (Lipinski definition) is 3. The Morgan fingerprint density at radius 2 is 2.00 bits per heavy atom. The van der Waals surface area contributed by atoms with Crippen LogP contribution in [0.15, 0.2) is 30.3 Å². The molecule has 1 atom stereocenters. The lowest BCUT2D eigenvalue weighted by Gasteiger charge is -2.08. The molecule has 0 spiro atoms. The number of thioether (sulfide) groups is 1. The molecule has 1 N–H and O–H groups in total. The molecule has 0 radical (unpaired) electrons. The van der Waals surface area contributed by atoms with Crippen LogP contribution in [-0.2, 0) is 0 Å². The number of aliphatic hydroxyl groups excluding tert-OH is 1. The third kappa shape index (κ3) is 3.09. The molecule has 0 bridgehead atoms. The van der Waals surface area contributed by atoms with Crippen LogP contribution in [0, 0.1) is 0 Å². The average molecular weight is 200 g/mol. The molecule has 0 aliphatic heterocycles. The van der Waals surface area contributed by atoms with Crippen molar-refractivity contribution in [2.45, 2.75) is 4.58 Å². The first-order chi connectivity index (χ1) is 5.84. The summed E-state index contributed by atoms with van der Waals surface area (Å²) in [6.07, 6.45) is 0. The third-order valence-corrected chi connectivity index (χ3v) is 3.20. The monoisotopic (exact) mass is 200 g/mol. The highest BCUT2D eigenvalue weighted by Gasteiger charge is 2.04. The maximum absolute atomic E-state index is 8.61. The van der Waals surface area contributed by atoms with E-state index in [9.17, 15) is 0 Å². The van der Waals surface area contributed by atoms with Gasteiger partial charge in [0.2, 0.25) is 0 Å². The van der Waals surface area contributed by atoms with E-state index in [1.807, 2.05) is 30.3 Å². The second-order valence-electron chi connectivity index (χ2n) is 2.36. The molecule has 0 fully saturated rings. The predicted octanol–water partition coefficient (Wildman–Crippen LogP) is 2.34. The first-order valence-corrected chi connectivity index (χ1v) is 5.36. The predicted molar refractivity (Wildman–Crippen MR) is 57.7 cm³/mol. The Morgan fingerprint density at radius 3 is 2.58 bits per heavy atom. The van der Waals surface area contributed by atoms with Crippen molar-refractivity contribution in [3.05, 3.63) is 35.9 Å². The minimum Gasteiger partial charge on any atom is -0.396 e. The van der Waals surface area contributed by atoms with E-state index in [1.54, 1.807) is 11.8 Å². The Morgan fingerprint density at radius 1 is 1.33 bits per heavy atom. The van der Waals surface area contributed by atoms with Gasteiger partial charge in [-0.2, -0.15) is 12.6 Å². The molecule has 0 saturated heterocycles. The Labute approximate surface area is 82.6 Å². The molecule has 0 aromatic heterocycles. The molecular formula is C9H12OS2. The lowest BCUT2D eigenvalue weighted by Crippen LogP contribution is -1.90. The van der Waals surface area contributed by atoms with Crippen molar-refractivity contribution in [2.75, 3.05) is 12.4 Å². The van der Waals surface area contributed by atoms with Gasteiger partial charge in [-0.25, -0.2) is 0 Å². The van der Waals surface area contributed by atoms with Crippen molar-refractivity contribution in [3.63, 3.8) is 0 Å². The van der Waals surface area contributed by atoms with Crippen molar-refractivity contribution >= 4 is 24.4 Å². The highest BCUT2D eigenvalue weighted by Crippen LogP contribution is 2.31. The first kappa shape index (κ1) is 9.96. The van der Waals surface area contributed by atoms with Gasteiger partial charge >= 0.3 is 0 Å².